The molecule has 9 heteroatoms. The number of hydrogen-bond donors (Lipinski definition) is 1. The number of alkyl halides is 2. The van der Waals surface area contributed by atoms with Gasteiger partial charge in [0.1, 0.15) is 11.2 Å². The molecule has 27 heavy (non-hydrogen) atoms. The first-order chi connectivity index (χ1) is 12.1. The zero-order chi connectivity index (χ0) is 21.0. The Bertz CT molecular complexity index is 537. The molecule has 0 aromatic carbocycles. The predicted octanol–water partition coefficient (Wildman–Crippen LogP) is 2.87. The lowest BCUT2D eigenvalue weighted by atomic mass is 10.0. The van der Waals surface area contributed by atoms with Gasteiger partial charge in [0.05, 0.1) is 19.0 Å². The Morgan fingerprint density at radius 3 is 2.22 bits per heavy atom. The van der Waals surface area contributed by atoms with Crippen molar-refractivity contribution in [2.24, 2.45) is 0 Å². The molecule has 0 unspecified atom stereocenters. The van der Waals surface area contributed by atoms with Crippen LogP contribution in [-0.2, 0) is 19.1 Å². The van der Waals surface area contributed by atoms with Crippen molar-refractivity contribution in [3.05, 3.63) is 0 Å². The van der Waals surface area contributed by atoms with Gasteiger partial charge in [0.15, 0.2) is 0 Å². The number of esters is 1. The Balaban J connectivity index is 2.84. The molecule has 1 N–H and O–H groups in total. The van der Waals surface area contributed by atoms with E-state index in [9.17, 15) is 23.2 Å². The topological polar surface area (TPSA) is 84.9 Å². The van der Waals surface area contributed by atoms with Gasteiger partial charge in [-0.05, 0) is 41.5 Å². The van der Waals surface area contributed by atoms with Crippen LogP contribution in [0.3, 0.4) is 0 Å². The SMILES string of the molecule is CC(C)(C)OC(=O)C[C@@H](CN1CC(F)(F)CCC1=O)NC(=O)OC(C)(C)C. The lowest BCUT2D eigenvalue weighted by Gasteiger charge is -2.35. The van der Waals surface area contributed by atoms with E-state index in [4.69, 9.17) is 9.47 Å². The Kier molecular flexibility index (Phi) is 7.18. The van der Waals surface area contributed by atoms with Gasteiger partial charge < -0.3 is 19.7 Å². The molecule has 2 amide bonds. The molecule has 156 valence electrons. The van der Waals surface area contributed by atoms with Crippen LogP contribution in [0, 0.1) is 0 Å². The summed E-state index contributed by atoms with van der Waals surface area (Å²) in [6, 6.07) is -0.910. The van der Waals surface area contributed by atoms with Crippen molar-refractivity contribution in [1.29, 1.82) is 0 Å². The molecule has 0 spiro atoms. The number of nitrogens with zero attached hydrogens (tertiary/aromatic N) is 1. The fraction of sp³-hybridized carbons (Fsp3) is 0.833. The Morgan fingerprint density at radius 2 is 1.70 bits per heavy atom. The minimum atomic E-state index is -2.99. The van der Waals surface area contributed by atoms with Crippen molar-refractivity contribution in [2.45, 2.75) is 84.0 Å². The van der Waals surface area contributed by atoms with Gasteiger partial charge in [-0.3, -0.25) is 9.59 Å². The first-order valence-corrected chi connectivity index (χ1v) is 8.93. The summed E-state index contributed by atoms with van der Waals surface area (Å²) in [4.78, 5) is 37.1. The monoisotopic (exact) mass is 392 g/mol. The standard InChI is InChI=1S/C18H30F2N2O5/c1-16(2,3)26-14(24)9-12(21-15(25)27-17(4,5)6)10-22-11-18(19,20)8-7-13(22)23/h12H,7-11H2,1-6H3,(H,21,25)/t12-/m0/s1. The third-order valence-electron chi connectivity index (χ3n) is 3.47. The van der Waals surface area contributed by atoms with Crippen LogP contribution in [0.5, 0.6) is 0 Å². The highest BCUT2D eigenvalue weighted by Crippen LogP contribution is 2.27. The van der Waals surface area contributed by atoms with Crippen LogP contribution in [0.25, 0.3) is 0 Å². The number of likely N-dealkylation sites (tertiary alicyclic amines) is 1. The van der Waals surface area contributed by atoms with E-state index in [2.05, 4.69) is 5.32 Å². The number of carbonyl (C=O) groups excluding carboxylic acids is 3. The molecule has 1 aliphatic rings. The molecular formula is C18H30F2N2O5. The smallest absolute Gasteiger partial charge is 0.407 e. The van der Waals surface area contributed by atoms with Gasteiger partial charge >= 0.3 is 12.1 Å². The molecule has 1 rings (SSSR count). The second-order valence-corrected chi connectivity index (χ2v) is 8.76. The Morgan fingerprint density at radius 1 is 1.15 bits per heavy atom. The van der Waals surface area contributed by atoms with E-state index in [0.717, 1.165) is 4.90 Å². The maximum absolute atomic E-state index is 13.7. The molecule has 0 saturated carbocycles. The third-order valence-corrected chi connectivity index (χ3v) is 3.47. The summed E-state index contributed by atoms with van der Waals surface area (Å²) in [6.45, 7) is 9.11. The lowest BCUT2D eigenvalue weighted by Crippen LogP contribution is -2.53. The number of nitrogens with one attached hydrogen (secondary N) is 1. The molecule has 0 bridgehead atoms. The van der Waals surface area contributed by atoms with Crippen molar-refractivity contribution in [3.8, 4) is 0 Å². The molecule has 1 aliphatic heterocycles. The molecule has 1 heterocycles. The van der Waals surface area contributed by atoms with Gasteiger partial charge in [0, 0.05) is 19.4 Å². The highest BCUT2D eigenvalue weighted by molar-refractivity contribution is 5.78. The number of piperidine rings is 1. The summed E-state index contributed by atoms with van der Waals surface area (Å²) in [6.07, 6.45) is -1.85. The lowest BCUT2D eigenvalue weighted by molar-refractivity contribution is -0.156. The van der Waals surface area contributed by atoms with Crippen LogP contribution in [0.15, 0.2) is 0 Å². The van der Waals surface area contributed by atoms with Gasteiger partial charge in [-0.25, -0.2) is 13.6 Å². The largest absolute Gasteiger partial charge is 0.460 e. The molecule has 7 nitrogen and oxygen atoms in total. The number of hydrogen-bond acceptors (Lipinski definition) is 5. The minimum Gasteiger partial charge on any atom is -0.460 e. The van der Waals surface area contributed by atoms with E-state index in [1.165, 1.54) is 0 Å². The number of amides is 2. The molecule has 0 aromatic rings. The maximum Gasteiger partial charge on any atom is 0.407 e. The average molecular weight is 392 g/mol. The summed E-state index contributed by atoms with van der Waals surface area (Å²) < 4.78 is 37.7. The van der Waals surface area contributed by atoms with E-state index in [1.54, 1.807) is 41.5 Å². The van der Waals surface area contributed by atoms with Gasteiger partial charge in [0.2, 0.25) is 5.91 Å². The van der Waals surface area contributed by atoms with Crippen LogP contribution in [0.4, 0.5) is 13.6 Å². The number of rotatable bonds is 5. The molecule has 1 saturated heterocycles. The molecule has 1 fully saturated rings. The van der Waals surface area contributed by atoms with Crippen molar-refractivity contribution in [1.82, 2.24) is 10.2 Å². The first kappa shape index (κ1) is 23.1. The van der Waals surface area contributed by atoms with E-state index in [0.29, 0.717) is 0 Å². The van der Waals surface area contributed by atoms with E-state index in [1.807, 2.05) is 0 Å². The van der Waals surface area contributed by atoms with E-state index < -0.39 is 54.1 Å². The molecule has 0 radical (unpaired) electrons. The van der Waals surface area contributed by atoms with Crippen LogP contribution < -0.4 is 5.32 Å². The number of halogens is 2. The van der Waals surface area contributed by atoms with Gasteiger partial charge in [0.25, 0.3) is 5.92 Å². The van der Waals surface area contributed by atoms with Gasteiger partial charge in [-0.1, -0.05) is 0 Å². The van der Waals surface area contributed by atoms with E-state index in [-0.39, 0.29) is 19.4 Å². The Hall–Kier alpha value is -1.93. The van der Waals surface area contributed by atoms with Crippen molar-refractivity contribution in [3.63, 3.8) is 0 Å². The average Bonchev–Trinajstić information content (AvgIpc) is 2.38. The zero-order valence-corrected chi connectivity index (χ0v) is 16.9. The number of carbonyl (C=O) groups is 3. The zero-order valence-electron chi connectivity index (χ0n) is 16.9. The molecule has 0 aliphatic carbocycles. The predicted molar refractivity (Wildman–Crippen MR) is 94.4 cm³/mol. The number of alkyl carbamates (subject to hydrolysis) is 1. The number of ether oxygens (including phenoxy) is 2. The molecule has 0 aromatic heterocycles. The Labute approximate surface area is 158 Å². The van der Waals surface area contributed by atoms with Crippen molar-refractivity contribution >= 4 is 18.0 Å². The van der Waals surface area contributed by atoms with Crippen LogP contribution in [-0.4, -0.2) is 59.1 Å². The minimum absolute atomic E-state index is 0.229. The molecule has 1 atom stereocenters. The van der Waals surface area contributed by atoms with Crippen molar-refractivity contribution < 1.29 is 32.6 Å². The van der Waals surface area contributed by atoms with Gasteiger partial charge in [-0.15, -0.1) is 0 Å². The summed E-state index contributed by atoms with van der Waals surface area (Å²) in [5, 5.41) is 2.48. The van der Waals surface area contributed by atoms with Crippen LogP contribution in [0.1, 0.15) is 60.8 Å². The summed E-state index contributed by atoms with van der Waals surface area (Å²) >= 11 is 0. The quantitative estimate of drug-likeness (QED) is 0.727. The normalized spacial score (nSPS) is 18.7. The van der Waals surface area contributed by atoms with Crippen LogP contribution >= 0.6 is 0 Å². The van der Waals surface area contributed by atoms with E-state index >= 15 is 0 Å². The third kappa shape index (κ3) is 9.53. The first-order valence-electron chi connectivity index (χ1n) is 8.93. The van der Waals surface area contributed by atoms with Crippen LogP contribution in [0.2, 0.25) is 0 Å². The fourth-order valence-corrected chi connectivity index (χ4v) is 2.55. The summed E-state index contributed by atoms with van der Waals surface area (Å²) in [5.74, 6) is -4.04. The molecular weight excluding hydrogens is 362 g/mol. The highest BCUT2D eigenvalue weighted by Gasteiger charge is 2.40. The van der Waals surface area contributed by atoms with Gasteiger partial charge in [-0.2, -0.15) is 0 Å². The van der Waals surface area contributed by atoms with Crippen molar-refractivity contribution in [2.75, 3.05) is 13.1 Å². The maximum atomic E-state index is 13.7. The highest BCUT2D eigenvalue weighted by atomic mass is 19.3. The summed E-state index contributed by atoms with van der Waals surface area (Å²) in [7, 11) is 0. The second-order valence-electron chi connectivity index (χ2n) is 8.76. The summed E-state index contributed by atoms with van der Waals surface area (Å²) in [5.41, 5.74) is -1.50. The second kappa shape index (κ2) is 8.39. The fourth-order valence-electron chi connectivity index (χ4n) is 2.55.